The van der Waals surface area contributed by atoms with Crippen molar-refractivity contribution in [2.45, 2.75) is 53.4 Å². The quantitative estimate of drug-likeness (QED) is 0.161. The largest absolute Gasteiger partial charge is 0.481 e. The molecule has 0 unspecified atom stereocenters. The van der Waals surface area contributed by atoms with Gasteiger partial charge in [-0.05, 0) is 98.2 Å². The van der Waals surface area contributed by atoms with Gasteiger partial charge in [-0.15, -0.1) is 0 Å². The fourth-order valence-electron chi connectivity index (χ4n) is 7.86. The Hall–Kier alpha value is -6.04. The number of carbonyl (C=O) groups is 4. The van der Waals surface area contributed by atoms with Gasteiger partial charge in [0.25, 0.3) is 0 Å². The monoisotopic (exact) mass is 720 g/mol. The van der Waals surface area contributed by atoms with Gasteiger partial charge in [-0.2, -0.15) is 0 Å². The fraction of sp³-hybridized carbons (Fsp3) is 0.317. The molecule has 53 heavy (non-hydrogen) atoms. The molecule has 5 N–H and O–H groups in total. The number of rotatable bonds is 9. The van der Waals surface area contributed by atoms with Crippen LogP contribution in [0.2, 0.25) is 0 Å². The smallest absolute Gasteiger partial charge is 0.334 e. The Morgan fingerprint density at radius 3 is 2.13 bits per heavy atom. The van der Waals surface area contributed by atoms with E-state index in [1.54, 1.807) is 12.2 Å². The van der Waals surface area contributed by atoms with E-state index < -0.39 is 29.2 Å². The lowest BCUT2D eigenvalue weighted by atomic mass is 9.64. The first-order chi connectivity index (χ1) is 25.3. The van der Waals surface area contributed by atoms with Gasteiger partial charge in [-0.25, -0.2) is 4.79 Å². The molecule has 3 aromatic rings. The molecule has 1 saturated heterocycles. The minimum atomic E-state index is -1.11. The standard InChI is InChI=1S/C41H44N4O8/c1-9-23-20(2)29-17-34-27-13-10-26(39(49)52-7)38(40(50)53-8)41(27,5)35(45-34)19-30-22(4)25(12-15-37(48)51-6)33(44-30)18-32-24(11-14-36(46)47)21(3)28(43-32)16-31(23)42-29/h9-10,13,16-19,38,42-45H,1,11-12,14-15H2,2-8H3,(H,46,47)/t38-,41-/m1/s1. The molecule has 0 aromatic carbocycles. The summed E-state index contributed by atoms with van der Waals surface area (Å²) in [4.78, 5) is 61.6. The highest BCUT2D eigenvalue weighted by atomic mass is 16.5. The number of hydrogen-bond acceptors (Lipinski definition) is 8. The average Bonchev–Trinajstić information content (AvgIpc) is 3.79. The highest BCUT2D eigenvalue weighted by molar-refractivity contribution is 5.98. The number of allylic oxidation sites excluding steroid dienone is 4. The number of aromatic amines is 3. The van der Waals surface area contributed by atoms with Gasteiger partial charge >= 0.3 is 23.9 Å². The number of aliphatic carboxylic acids is 1. The predicted octanol–water partition coefficient (Wildman–Crippen LogP) is 4.15. The molecule has 1 aliphatic carbocycles. The number of H-pyrrole nitrogens is 3. The van der Waals surface area contributed by atoms with Gasteiger partial charge in [0, 0.05) is 63.3 Å². The first kappa shape index (κ1) is 36.7. The molecule has 3 aromatic heterocycles. The minimum Gasteiger partial charge on any atom is -0.481 e. The Kier molecular flexibility index (Phi) is 9.83. The van der Waals surface area contributed by atoms with Gasteiger partial charge in [-0.1, -0.05) is 24.8 Å². The van der Waals surface area contributed by atoms with E-state index in [-0.39, 0.29) is 24.4 Å². The van der Waals surface area contributed by atoms with Crippen molar-refractivity contribution in [3.05, 3.63) is 108 Å². The van der Waals surface area contributed by atoms with Crippen molar-refractivity contribution in [1.82, 2.24) is 20.3 Å². The number of aromatic nitrogens is 3. The van der Waals surface area contributed by atoms with Gasteiger partial charge in [0.05, 0.1) is 32.3 Å². The van der Waals surface area contributed by atoms with Crippen LogP contribution in [0.3, 0.4) is 0 Å². The van der Waals surface area contributed by atoms with E-state index >= 15 is 0 Å². The highest BCUT2D eigenvalue weighted by Crippen LogP contribution is 2.55. The molecule has 1 fully saturated rings. The summed E-state index contributed by atoms with van der Waals surface area (Å²) < 4.78 is 15.4. The molecule has 276 valence electrons. The molecule has 12 nitrogen and oxygen atoms in total. The van der Waals surface area contributed by atoms with Crippen molar-refractivity contribution in [2.75, 3.05) is 21.3 Å². The van der Waals surface area contributed by atoms with E-state index in [9.17, 15) is 24.3 Å². The molecule has 5 heterocycles. The van der Waals surface area contributed by atoms with Crippen LogP contribution in [-0.2, 0) is 46.2 Å². The fourth-order valence-corrected chi connectivity index (χ4v) is 7.86. The van der Waals surface area contributed by atoms with Crippen molar-refractivity contribution >= 4 is 54.3 Å². The van der Waals surface area contributed by atoms with E-state index in [1.807, 2.05) is 58.1 Å². The first-order valence-corrected chi connectivity index (χ1v) is 17.3. The molecule has 2 atom stereocenters. The van der Waals surface area contributed by atoms with Crippen LogP contribution in [0, 0.1) is 32.1 Å². The van der Waals surface area contributed by atoms with Crippen LogP contribution in [0.25, 0.3) is 30.4 Å². The Labute approximate surface area is 306 Å². The molecule has 6 rings (SSSR count). The Bertz CT molecular complexity index is 2340. The second-order valence-corrected chi connectivity index (χ2v) is 13.7. The Morgan fingerprint density at radius 1 is 0.792 bits per heavy atom. The van der Waals surface area contributed by atoms with Crippen LogP contribution in [0.1, 0.15) is 75.9 Å². The minimum absolute atomic E-state index is 0.0595. The van der Waals surface area contributed by atoms with Crippen molar-refractivity contribution in [3.63, 3.8) is 0 Å². The van der Waals surface area contributed by atoms with Crippen molar-refractivity contribution < 1.29 is 38.5 Å². The SMILES string of the molecule is C=Cc1c2[nH]c(c1C)C=C1NC(=Cc3[nH]c(c(CCC(=O)OC)c3C)C=c3[nH]c(c(C)c3CCC(=O)O)=C2)[C@@]2(C)C1=CC=C(C(=O)OC)[C@@H]2C(=O)OC. The van der Waals surface area contributed by atoms with Crippen LogP contribution in [-0.4, -0.2) is 65.3 Å². The number of hydrogen-bond donors (Lipinski definition) is 5. The molecule has 0 radical (unpaired) electrons. The molecule has 0 spiro atoms. The zero-order chi connectivity index (χ0) is 38.4. The van der Waals surface area contributed by atoms with Crippen LogP contribution in [0.5, 0.6) is 0 Å². The third-order valence-electron chi connectivity index (χ3n) is 10.9. The third-order valence-corrected chi connectivity index (χ3v) is 10.9. The van der Waals surface area contributed by atoms with Gasteiger partial charge < -0.3 is 39.6 Å². The van der Waals surface area contributed by atoms with E-state index in [1.165, 1.54) is 21.3 Å². The normalized spacial score (nSPS) is 18.5. The maximum atomic E-state index is 13.7. The second-order valence-electron chi connectivity index (χ2n) is 13.7. The summed E-state index contributed by atoms with van der Waals surface area (Å²) in [6, 6.07) is 0. The highest BCUT2D eigenvalue weighted by Gasteiger charge is 2.55. The molecule has 3 aliphatic rings. The summed E-state index contributed by atoms with van der Waals surface area (Å²) in [5.41, 5.74) is 9.51. The molecular formula is C41H44N4O8. The maximum absolute atomic E-state index is 13.7. The molecular weight excluding hydrogens is 676 g/mol. The summed E-state index contributed by atoms with van der Waals surface area (Å²) in [5.74, 6) is -3.55. The molecule has 0 saturated carbocycles. The number of carbonyl (C=O) groups excluding carboxylic acids is 3. The number of fused-ring (bicyclic) bond motifs is 11. The van der Waals surface area contributed by atoms with E-state index in [0.29, 0.717) is 29.9 Å². The number of methoxy groups -OCH3 is 3. The van der Waals surface area contributed by atoms with Crippen LogP contribution in [0.15, 0.2) is 41.3 Å². The molecule has 0 amide bonds. The van der Waals surface area contributed by atoms with Crippen LogP contribution >= 0.6 is 0 Å². The van der Waals surface area contributed by atoms with Gasteiger partial charge in [0.15, 0.2) is 0 Å². The zero-order valence-corrected chi connectivity index (χ0v) is 31.0. The van der Waals surface area contributed by atoms with Gasteiger partial charge in [0.2, 0.25) is 0 Å². The lowest BCUT2D eigenvalue weighted by molar-refractivity contribution is -0.150. The van der Waals surface area contributed by atoms with Crippen molar-refractivity contribution in [2.24, 2.45) is 11.3 Å². The number of ether oxygens (including phenoxy) is 3. The van der Waals surface area contributed by atoms with Crippen LogP contribution in [0.4, 0.5) is 0 Å². The molecule has 2 aliphatic heterocycles. The van der Waals surface area contributed by atoms with Gasteiger partial charge in [-0.3, -0.25) is 14.4 Å². The average molecular weight is 721 g/mol. The summed E-state index contributed by atoms with van der Waals surface area (Å²) in [7, 11) is 3.92. The third kappa shape index (κ3) is 6.28. The lowest BCUT2D eigenvalue weighted by Crippen LogP contribution is -2.40. The van der Waals surface area contributed by atoms with Crippen molar-refractivity contribution in [1.29, 1.82) is 0 Å². The topological polar surface area (TPSA) is 176 Å². The first-order valence-electron chi connectivity index (χ1n) is 17.3. The maximum Gasteiger partial charge on any atom is 0.334 e. The predicted molar refractivity (Wildman–Crippen MR) is 200 cm³/mol. The summed E-state index contributed by atoms with van der Waals surface area (Å²) in [6.07, 6.45) is 13.8. The Balaban J connectivity index is 1.72. The van der Waals surface area contributed by atoms with E-state index in [2.05, 4.69) is 26.8 Å². The van der Waals surface area contributed by atoms with Crippen molar-refractivity contribution in [3.8, 4) is 0 Å². The lowest BCUT2D eigenvalue weighted by Gasteiger charge is -2.36. The molecule has 12 heteroatoms. The summed E-state index contributed by atoms with van der Waals surface area (Å²) in [6.45, 7) is 11.9. The van der Waals surface area contributed by atoms with E-state index in [4.69, 9.17) is 14.2 Å². The number of carboxylic acid groups (broad SMARTS) is 1. The number of nitrogens with one attached hydrogen (secondary N) is 4. The van der Waals surface area contributed by atoms with E-state index in [0.717, 1.165) is 66.7 Å². The molecule has 8 bridgehead atoms. The summed E-state index contributed by atoms with van der Waals surface area (Å²) in [5, 5.41) is 14.8. The Morgan fingerprint density at radius 2 is 1.47 bits per heavy atom. The van der Waals surface area contributed by atoms with Gasteiger partial charge in [0.1, 0.15) is 5.92 Å². The zero-order valence-electron chi connectivity index (χ0n) is 31.0. The number of esters is 3. The van der Waals surface area contributed by atoms with Crippen LogP contribution < -0.4 is 16.0 Å². The summed E-state index contributed by atoms with van der Waals surface area (Å²) >= 11 is 0. The number of carboxylic acids is 1. The second kappa shape index (κ2) is 14.2.